The first-order valence-electron chi connectivity index (χ1n) is 8.18. The second kappa shape index (κ2) is 6.31. The SMILES string of the molecule is O=C(NCc1cn2ccccc2n1)N1CCC[C@H]1c1ccncc1. The maximum Gasteiger partial charge on any atom is 0.318 e. The molecule has 3 aromatic rings. The van der Waals surface area contributed by atoms with Crippen LogP contribution in [0.1, 0.15) is 30.1 Å². The van der Waals surface area contributed by atoms with Crippen LogP contribution in [0.5, 0.6) is 0 Å². The summed E-state index contributed by atoms with van der Waals surface area (Å²) in [7, 11) is 0. The number of hydrogen-bond donors (Lipinski definition) is 1. The van der Waals surface area contributed by atoms with Gasteiger partial charge in [-0.3, -0.25) is 4.98 Å². The summed E-state index contributed by atoms with van der Waals surface area (Å²) in [5, 5.41) is 3.00. The van der Waals surface area contributed by atoms with Crippen LogP contribution >= 0.6 is 0 Å². The highest BCUT2D eigenvalue weighted by Crippen LogP contribution is 2.31. The van der Waals surface area contributed by atoms with Gasteiger partial charge in [0.1, 0.15) is 5.65 Å². The second-order valence-electron chi connectivity index (χ2n) is 5.99. The molecular formula is C18H19N5O. The molecule has 4 heterocycles. The molecule has 2 amide bonds. The number of pyridine rings is 2. The summed E-state index contributed by atoms with van der Waals surface area (Å²) in [6, 6.07) is 9.93. The van der Waals surface area contributed by atoms with Crippen LogP contribution in [0.15, 0.2) is 55.1 Å². The zero-order valence-corrected chi connectivity index (χ0v) is 13.3. The zero-order chi connectivity index (χ0) is 16.4. The number of amides is 2. The number of carbonyl (C=O) groups is 1. The molecule has 0 bridgehead atoms. The van der Waals surface area contributed by atoms with Crippen LogP contribution in [-0.2, 0) is 6.54 Å². The van der Waals surface area contributed by atoms with Gasteiger partial charge in [0.2, 0.25) is 0 Å². The molecule has 0 saturated carbocycles. The van der Waals surface area contributed by atoms with Gasteiger partial charge in [0.15, 0.2) is 0 Å². The summed E-state index contributed by atoms with van der Waals surface area (Å²) in [6.07, 6.45) is 9.47. The highest BCUT2D eigenvalue weighted by molar-refractivity contribution is 5.75. The summed E-state index contributed by atoms with van der Waals surface area (Å²) in [6.45, 7) is 1.21. The predicted molar refractivity (Wildman–Crippen MR) is 90.3 cm³/mol. The Bertz CT molecular complexity index is 812. The van der Waals surface area contributed by atoms with E-state index in [1.807, 2.05) is 52.0 Å². The normalized spacial score (nSPS) is 17.3. The van der Waals surface area contributed by atoms with Crippen LogP contribution < -0.4 is 5.32 Å². The molecule has 0 spiro atoms. The molecule has 3 aromatic heterocycles. The Balaban J connectivity index is 1.43. The van der Waals surface area contributed by atoms with E-state index in [-0.39, 0.29) is 12.1 Å². The highest BCUT2D eigenvalue weighted by atomic mass is 16.2. The van der Waals surface area contributed by atoms with Gasteiger partial charge in [-0.25, -0.2) is 9.78 Å². The van der Waals surface area contributed by atoms with Crippen molar-refractivity contribution in [3.05, 3.63) is 66.4 Å². The minimum absolute atomic E-state index is 0.0358. The van der Waals surface area contributed by atoms with Crippen molar-refractivity contribution in [1.82, 2.24) is 24.6 Å². The Hall–Kier alpha value is -2.89. The van der Waals surface area contributed by atoms with Gasteiger partial charge in [-0.05, 0) is 42.7 Å². The van der Waals surface area contributed by atoms with E-state index in [1.54, 1.807) is 12.4 Å². The molecule has 0 unspecified atom stereocenters. The first kappa shape index (κ1) is 14.7. The Morgan fingerprint density at radius 2 is 2.12 bits per heavy atom. The van der Waals surface area contributed by atoms with E-state index in [4.69, 9.17) is 0 Å². The lowest BCUT2D eigenvalue weighted by atomic mass is 10.1. The summed E-state index contributed by atoms with van der Waals surface area (Å²) >= 11 is 0. The minimum atomic E-state index is -0.0358. The summed E-state index contributed by atoms with van der Waals surface area (Å²) < 4.78 is 1.96. The lowest BCUT2D eigenvalue weighted by molar-refractivity contribution is 0.192. The van der Waals surface area contributed by atoms with Gasteiger partial charge >= 0.3 is 6.03 Å². The molecule has 1 aliphatic heterocycles. The standard InChI is InChI=1S/C18H19N5O/c24-18(20-12-15-13-22-10-2-1-5-17(22)21-15)23-11-3-4-16(23)14-6-8-19-9-7-14/h1-2,5-10,13,16H,3-4,11-12H2,(H,20,24)/t16-/m0/s1. The molecule has 1 fully saturated rings. The fraction of sp³-hybridized carbons (Fsp3) is 0.278. The van der Waals surface area contributed by atoms with Gasteiger partial charge in [0.05, 0.1) is 18.3 Å². The summed E-state index contributed by atoms with van der Waals surface area (Å²) in [5.74, 6) is 0. The van der Waals surface area contributed by atoms with Crippen molar-refractivity contribution in [1.29, 1.82) is 0 Å². The van der Waals surface area contributed by atoms with Crippen LogP contribution in [0.2, 0.25) is 0 Å². The molecule has 24 heavy (non-hydrogen) atoms. The second-order valence-corrected chi connectivity index (χ2v) is 5.99. The molecule has 1 aliphatic rings. The molecule has 1 N–H and O–H groups in total. The third-order valence-electron chi connectivity index (χ3n) is 4.44. The maximum absolute atomic E-state index is 12.6. The number of fused-ring (bicyclic) bond motifs is 1. The molecular weight excluding hydrogens is 302 g/mol. The molecule has 0 radical (unpaired) electrons. The third kappa shape index (κ3) is 2.82. The van der Waals surface area contributed by atoms with Crippen molar-refractivity contribution >= 4 is 11.7 Å². The first-order chi connectivity index (χ1) is 11.8. The number of rotatable bonds is 3. The molecule has 122 valence electrons. The van der Waals surface area contributed by atoms with E-state index in [0.717, 1.165) is 36.3 Å². The number of nitrogens with one attached hydrogen (secondary N) is 1. The Kier molecular flexibility index (Phi) is 3.86. The average Bonchev–Trinajstić information content (AvgIpc) is 3.27. The van der Waals surface area contributed by atoms with Crippen LogP contribution in [0.25, 0.3) is 5.65 Å². The van der Waals surface area contributed by atoms with Crippen molar-refractivity contribution in [3.63, 3.8) is 0 Å². The number of urea groups is 1. The van der Waals surface area contributed by atoms with Gasteiger partial charge in [-0.15, -0.1) is 0 Å². The molecule has 0 aromatic carbocycles. The quantitative estimate of drug-likeness (QED) is 0.807. The van der Waals surface area contributed by atoms with E-state index >= 15 is 0 Å². The smallest absolute Gasteiger partial charge is 0.318 e. The Morgan fingerprint density at radius 3 is 2.96 bits per heavy atom. The third-order valence-corrected chi connectivity index (χ3v) is 4.44. The van der Waals surface area contributed by atoms with Crippen molar-refractivity contribution < 1.29 is 4.79 Å². The monoisotopic (exact) mass is 321 g/mol. The summed E-state index contributed by atoms with van der Waals surface area (Å²) in [5.41, 5.74) is 2.89. The highest BCUT2D eigenvalue weighted by Gasteiger charge is 2.29. The minimum Gasteiger partial charge on any atom is -0.332 e. The van der Waals surface area contributed by atoms with Crippen molar-refractivity contribution in [2.75, 3.05) is 6.54 Å². The molecule has 1 atom stereocenters. The van der Waals surface area contributed by atoms with E-state index < -0.39 is 0 Å². The number of imidazole rings is 1. The average molecular weight is 321 g/mol. The fourth-order valence-corrected chi connectivity index (χ4v) is 3.28. The topological polar surface area (TPSA) is 62.5 Å². The van der Waals surface area contributed by atoms with Crippen molar-refractivity contribution in [2.45, 2.75) is 25.4 Å². The predicted octanol–water partition coefficient (Wildman–Crippen LogP) is 2.78. The van der Waals surface area contributed by atoms with Crippen molar-refractivity contribution in [2.24, 2.45) is 0 Å². The van der Waals surface area contributed by atoms with E-state index in [9.17, 15) is 4.79 Å². The number of aromatic nitrogens is 3. The Morgan fingerprint density at radius 1 is 1.25 bits per heavy atom. The van der Waals surface area contributed by atoms with E-state index in [2.05, 4.69) is 15.3 Å². The molecule has 1 saturated heterocycles. The molecule has 6 heteroatoms. The van der Waals surface area contributed by atoms with Gasteiger partial charge in [0.25, 0.3) is 0 Å². The number of likely N-dealkylation sites (tertiary alicyclic amines) is 1. The molecule has 4 rings (SSSR count). The van der Waals surface area contributed by atoms with Gasteiger partial charge in [-0.1, -0.05) is 6.07 Å². The van der Waals surface area contributed by atoms with Crippen LogP contribution in [0.4, 0.5) is 4.79 Å². The lowest BCUT2D eigenvalue weighted by Gasteiger charge is -2.25. The maximum atomic E-state index is 12.6. The number of nitrogens with zero attached hydrogens (tertiary/aromatic N) is 4. The van der Waals surface area contributed by atoms with Crippen LogP contribution in [0, 0.1) is 0 Å². The van der Waals surface area contributed by atoms with Gasteiger partial charge in [-0.2, -0.15) is 0 Å². The van der Waals surface area contributed by atoms with Crippen molar-refractivity contribution in [3.8, 4) is 0 Å². The van der Waals surface area contributed by atoms with E-state index in [0.29, 0.717) is 6.54 Å². The van der Waals surface area contributed by atoms with Crippen LogP contribution in [-0.4, -0.2) is 31.8 Å². The van der Waals surface area contributed by atoms with Crippen LogP contribution in [0.3, 0.4) is 0 Å². The fourth-order valence-electron chi connectivity index (χ4n) is 3.28. The van der Waals surface area contributed by atoms with Gasteiger partial charge < -0.3 is 14.6 Å². The molecule has 0 aliphatic carbocycles. The van der Waals surface area contributed by atoms with E-state index in [1.165, 1.54) is 0 Å². The number of hydrogen-bond acceptors (Lipinski definition) is 3. The Labute approximate surface area is 140 Å². The number of carbonyl (C=O) groups excluding carboxylic acids is 1. The largest absolute Gasteiger partial charge is 0.332 e. The zero-order valence-electron chi connectivity index (χ0n) is 13.3. The molecule has 6 nitrogen and oxygen atoms in total. The lowest BCUT2D eigenvalue weighted by Crippen LogP contribution is -2.39. The van der Waals surface area contributed by atoms with Gasteiger partial charge in [0, 0.05) is 31.3 Å². The summed E-state index contributed by atoms with van der Waals surface area (Å²) in [4.78, 5) is 23.1. The first-order valence-corrected chi connectivity index (χ1v) is 8.18.